The highest BCUT2D eigenvalue weighted by atomic mass is 31.1. The number of hydrogen-bond donors (Lipinski definition) is 0. The minimum Gasteiger partial charge on any atom is -0.492 e. The van der Waals surface area contributed by atoms with Crippen molar-refractivity contribution in [2.24, 2.45) is 5.92 Å². The topological polar surface area (TPSA) is 12.5 Å². The van der Waals surface area contributed by atoms with Crippen molar-refractivity contribution in [2.75, 3.05) is 33.4 Å². The van der Waals surface area contributed by atoms with Gasteiger partial charge in [-0.25, -0.2) is 0 Å². The zero-order chi connectivity index (χ0) is 32.5. The molecule has 1 aliphatic carbocycles. The average molecular weight is 640 g/mol. The minimum atomic E-state index is 0.581. The van der Waals surface area contributed by atoms with Gasteiger partial charge in [0.15, 0.2) is 0 Å². The molecule has 0 amide bonds. The number of benzene rings is 3. The average Bonchev–Trinajstić information content (AvgIpc) is 3.08. The van der Waals surface area contributed by atoms with Crippen molar-refractivity contribution in [2.45, 2.75) is 109 Å². The molecule has 3 aromatic carbocycles. The molecule has 0 bridgehead atoms. The molecule has 0 spiro atoms. The Hall–Kier alpha value is -2.41. The van der Waals surface area contributed by atoms with Gasteiger partial charge in [-0.3, -0.25) is 0 Å². The molecule has 0 aliphatic heterocycles. The lowest BCUT2D eigenvalue weighted by Crippen LogP contribution is -2.28. The van der Waals surface area contributed by atoms with Crippen LogP contribution in [-0.2, 0) is 0 Å². The Kier molecular flexibility index (Phi) is 15.9. The quantitative estimate of drug-likeness (QED) is 0.0693. The summed E-state index contributed by atoms with van der Waals surface area (Å²) in [6.07, 6.45) is 20.8. The van der Waals surface area contributed by atoms with Gasteiger partial charge in [-0.05, 0) is 103 Å². The number of likely N-dealkylation sites (N-methyl/N-ethyl adjacent to an activating group) is 1. The predicted molar refractivity (Wildman–Crippen MR) is 205 cm³/mol. The fraction of sp³-hybridized carbons (Fsp3) is 0.535. The number of allylic oxidation sites excluding steroid dienone is 1. The maximum absolute atomic E-state index is 6.02. The van der Waals surface area contributed by atoms with Crippen molar-refractivity contribution >= 4 is 19.7 Å². The van der Waals surface area contributed by atoms with Crippen LogP contribution >= 0.6 is 8.58 Å². The molecule has 1 saturated carbocycles. The molecule has 1 atom stereocenters. The third-order valence-corrected chi connectivity index (χ3v) is 11.9. The molecule has 250 valence electrons. The maximum atomic E-state index is 6.02. The van der Waals surface area contributed by atoms with E-state index in [9.17, 15) is 0 Å². The second-order valence-electron chi connectivity index (χ2n) is 14.3. The van der Waals surface area contributed by atoms with Gasteiger partial charge in [0, 0.05) is 6.54 Å². The molecular weight excluding hydrogens is 577 g/mol. The highest BCUT2D eigenvalue weighted by Crippen LogP contribution is 2.45. The van der Waals surface area contributed by atoms with Crippen LogP contribution in [0.3, 0.4) is 0 Å². The summed E-state index contributed by atoms with van der Waals surface area (Å²) < 4.78 is 6.02. The van der Waals surface area contributed by atoms with Gasteiger partial charge in [0.05, 0.1) is 0 Å². The van der Waals surface area contributed by atoms with Crippen molar-refractivity contribution in [3.63, 3.8) is 0 Å². The van der Waals surface area contributed by atoms with Crippen molar-refractivity contribution in [1.82, 2.24) is 4.90 Å². The second kappa shape index (κ2) is 20.1. The van der Waals surface area contributed by atoms with Crippen LogP contribution in [-0.4, -0.2) is 43.5 Å². The molecular formula is C43H62NOP. The Bertz CT molecular complexity index is 1260. The van der Waals surface area contributed by atoms with Crippen LogP contribution in [0.2, 0.25) is 0 Å². The monoisotopic (exact) mass is 639 g/mol. The van der Waals surface area contributed by atoms with Gasteiger partial charge in [0.2, 0.25) is 0 Å². The molecule has 0 saturated heterocycles. The fourth-order valence-electron chi connectivity index (χ4n) is 7.10. The molecule has 1 unspecified atom stereocenters. The van der Waals surface area contributed by atoms with Gasteiger partial charge in [-0.2, -0.15) is 0 Å². The summed E-state index contributed by atoms with van der Waals surface area (Å²) in [5.41, 5.74) is 6.67. The van der Waals surface area contributed by atoms with Crippen LogP contribution in [0, 0.1) is 5.92 Å². The van der Waals surface area contributed by atoms with Gasteiger partial charge >= 0.3 is 0 Å². The third kappa shape index (κ3) is 12.3. The van der Waals surface area contributed by atoms with E-state index in [1.807, 2.05) is 0 Å². The second-order valence-corrected chi connectivity index (χ2v) is 16.5. The molecule has 1 aliphatic rings. The molecule has 0 heterocycles. The van der Waals surface area contributed by atoms with E-state index in [2.05, 4.69) is 118 Å². The number of unbranched alkanes of at least 4 members (excludes halogenated alkanes) is 7. The van der Waals surface area contributed by atoms with Crippen molar-refractivity contribution in [1.29, 1.82) is 0 Å². The Morgan fingerprint density at radius 3 is 1.83 bits per heavy atom. The molecule has 46 heavy (non-hydrogen) atoms. The van der Waals surface area contributed by atoms with E-state index in [-0.39, 0.29) is 0 Å². The lowest BCUT2D eigenvalue weighted by molar-refractivity contribution is 0.261. The van der Waals surface area contributed by atoms with Crippen LogP contribution in [0.1, 0.15) is 120 Å². The van der Waals surface area contributed by atoms with Gasteiger partial charge in [-0.15, -0.1) is 8.58 Å². The summed E-state index contributed by atoms with van der Waals surface area (Å²) in [7, 11) is 5.31. The van der Waals surface area contributed by atoms with Gasteiger partial charge in [-0.1, -0.05) is 144 Å². The summed E-state index contributed by atoms with van der Waals surface area (Å²) >= 11 is 0. The summed E-state index contributed by atoms with van der Waals surface area (Å²) in [6.45, 7) is 6.72. The molecule has 0 radical (unpaired) electrons. The van der Waals surface area contributed by atoms with E-state index in [1.165, 1.54) is 117 Å². The van der Waals surface area contributed by atoms with Crippen molar-refractivity contribution in [3.05, 3.63) is 102 Å². The molecule has 3 aromatic rings. The van der Waals surface area contributed by atoms with E-state index in [1.54, 1.807) is 0 Å². The lowest BCUT2D eigenvalue weighted by Gasteiger charge is -2.37. The van der Waals surface area contributed by atoms with Crippen LogP contribution in [0.15, 0.2) is 84.9 Å². The summed E-state index contributed by atoms with van der Waals surface area (Å²) in [6, 6.07) is 30.8. The van der Waals surface area contributed by atoms with Crippen LogP contribution < -0.4 is 4.74 Å². The normalized spacial score (nSPS) is 15.1. The maximum Gasteiger partial charge on any atom is 0.119 e. The zero-order valence-electron chi connectivity index (χ0n) is 29.5. The standard InChI is InChI=1S/C43H62NOP/c1-43(2,39-26-18-13-19-27-39)46-35-21-10-8-6-5-7-9-20-28-41(36-22-14-11-15-23-36)42(37-24-16-12-17-25-37)38-29-31-40(32-30-38)45-34-33-44(3)4/h11-12,14-17,22-25,29-32,39,46H,5-10,13,18-21,26-28,33-35H2,1-4H3/b42-41-. The van der Waals surface area contributed by atoms with Crippen molar-refractivity contribution in [3.8, 4) is 5.75 Å². The Morgan fingerprint density at radius 2 is 1.22 bits per heavy atom. The van der Waals surface area contributed by atoms with Crippen LogP contribution in [0.4, 0.5) is 0 Å². The van der Waals surface area contributed by atoms with E-state index in [0.29, 0.717) is 11.8 Å². The van der Waals surface area contributed by atoms with Gasteiger partial charge in [0.25, 0.3) is 0 Å². The molecule has 2 nitrogen and oxygen atoms in total. The lowest BCUT2D eigenvalue weighted by atomic mass is 9.81. The first kappa shape index (κ1) is 36.4. The molecule has 0 aromatic heterocycles. The number of ether oxygens (including phenoxy) is 1. The first-order chi connectivity index (χ1) is 22.4. The number of nitrogens with zero attached hydrogens (tertiary/aromatic N) is 1. The molecule has 1 fully saturated rings. The molecule has 4 rings (SSSR count). The number of hydrogen-bond acceptors (Lipinski definition) is 2. The Balaban J connectivity index is 1.29. The summed E-state index contributed by atoms with van der Waals surface area (Å²) in [5.74, 6) is 1.92. The highest BCUT2D eigenvalue weighted by Gasteiger charge is 2.29. The van der Waals surface area contributed by atoms with E-state index in [4.69, 9.17) is 4.74 Å². The largest absolute Gasteiger partial charge is 0.492 e. The Morgan fingerprint density at radius 1 is 0.674 bits per heavy atom. The molecule has 3 heteroatoms. The predicted octanol–water partition coefficient (Wildman–Crippen LogP) is 12.1. The fourth-order valence-corrected chi connectivity index (χ4v) is 8.75. The summed E-state index contributed by atoms with van der Waals surface area (Å²) in [5, 5.41) is 0.581. The van der Waals surface area contributed by atoms with Crippen molar-refractivity contribution < 1.29 is 4.74 Å². The van der Waals surface area contributed by atoms with E-state index < -0.39 is 0 Å². The van der Waals surface area contributed by atoms with Crippen LogP contribution in [0.5, 0.6) is 5.75 Å². The first-order valence-corrected chi connectivity index (χ1v) is 19.6. The molecule has 0 N–H and O–H groups in total. The summed E-state index contributed by atoms with van der Waals surface area (Å²) in [4.78, 5) is 2.15. The third-order valence-electron chi connectivity index (χ3n) is 10.00. The minimum absolute atomic E-state index is 0.581. The van der Waals surface area contributed by atoms with Gasteiger partial charge in [0.1, 0.15) is 12.4 Å². The zero-order valence-corrected chi connectivity index (χ0v) is 30.5. The SMILES string of the molecule is CN(C)CCOc1ccc(/C(=C(/CCCCCCCCCCPC(C)(C)C2CCCCC2)c2ccccc2)c2ccccc2)cc1. The Labute approximate surface area is 284 Å². The van der Waals surface area contributed by atoms with E-state index >= 15 is 0 Å². The smallest absolute Gasteiger partial charge is 0.119 e. The highest BCUT2D eigenvalue weighted by molar-refractivity contribution is 7.39. The van der Waals surface area contributed by atoms with Crippen LogP contribution in [0.25, 0.3) is 11.1 Å². The van der Waals surface area contributed by atoms with E-state index in [0.717, 1.165) is 33.2 Å². The number of rotatable bonds is 20. The van der Waals surface area contributed by atoms with Gasteiger partial charge < -0.3 is 9.64 Å². The first-order valence-electron chi connectivity index (χ1n) is 18.4.